The third-order valence-corrected chi connectivity index (χ3v) is 3.19. The second kappa shape index (κ2) is 5.69. The van der Waals surface area contributed by atoms with E-state index >= 15 is 0 Å². The summed E-state index contributed by atoms with van der Waals surface area (Å²) in [5, 5.41) is 3.51. The van der Waals surface area contributed by atoms with E-state index in [4.69, 9.17) is 10.5 Å². The zero-order chi connectivity index (χ0) is 10.4. The molecule has 1 rings (SSSR count). The highest BCUT2D eigenvalue weighted by Crippen LogP contribution is 2.48. The van der Waals surface area contributed by atoms with Gasteiger partial charge in [0.1, 0.15) is 0 Å². The number of methoxy groups -OCH3 is 1. The van der Waals surface area contributed by atoms with E-state index in [2.05, 4.69) is 12.2 Å². The van der Waals surface area contributed by atoms with E-state index in [9.17, 15) is 0 Å². The Kier molecular flexibility index (Phi) is 4.85. The van der Waals surface area contributed by atoms with Gasteiger partial charge in [-0.05, 0) is 43.7 Å². The fraction of sp³-hybridized carbons (Fsp3) is 1.00. The third kappa shape index (κ3) is 3.95. The Bertz CT molecular complexity index is 157. The van der Waals surface area contributed by atoms with E-state index in [1.165, 1.54) is 19.3 Å². The highest BCUT2D eigenvalue weighted by Gasteiger charge is 2.41. The molecule has 0 aromatic heterocycles. The first-order chi connectivity index (χ1) is 6.72. The maximum atomic E-state index is 5.56. The van der Waals surface area contributed by atoms with Gasteiger partial charge in [0.15, 0.2) is 0 Å². The van der Waals surface area contributed by atoms with Gasteiger partial charge in [-0.1, -0.05) is 6.92 Å². The van der Waals surface area contributed by atoms with Crippen LogP contribution in [0.2, 0.25) is 0 Å². The van der Waals surface area contributed by atoms with E-state index in [1.807, 2.05) is 0 Å². The van der Waals surface area contributed by atoms with Gasteiger partial charge in [0.25, 0.3) is 0 Å². The van der Waals surface area contributed by atoms with E-state index in [0.29, 0.717) is 11.3 Å². The SMILES string of the molecule is COCCC1(CNCC(C)CN)CC1. The van der Waals surface area contributed by atoms with Crippen molar-refractivity contribution >= 4 is 0 Å². The van der Waals surface area contributed by atoms with Crippen LogP contribution in [0.4, 0.5) is 0 Å². The third-order valence-electron chi connectivity index (χ3n) is 3.19. The molecule has 3 heteroatoms. The molecule has 0 radical (unpaired) electrons. The largest absolute Gasteiger partial charge is 0.385 e. The topological polar surface area (TPSA) is 47.3 Å². The molecule has 14 heavy (non-hydrogen) atoms. The molecule has 1 saturated carbocycles. The first-order valence-electron chi connectivity index (χ1n) is 5.62. The Balaban J connectivity index is 2.05. The van der Waals surface area contributed by atoms with Gasteiger partial charge in [-0.3, -0.25) is 0 Å². The van der Waals surface area contributed by atoms with Crippen molar-refractivity contribution < 1.29 is 4.74 Å². The first kappa shape index (κ1) is 12.0. The predicted octanol–water partition coefficient (Wildman–Crippen LogP) is 0.987. The van der Waals surface area contributed by atoms with Crippen LogP contribution >= 0.6 is 0 Å². The molecule has 3 nitrogen and oxygen atoms in total. The zero-order valence-corrected chi connectivity index (χ0v) is 9.51. The van der Waals surface area contributed by atoms with Crippen LogP contribution in [-0.2, 0) is 4.74 Å². The highest BCUT2D eigenvalue weighted by molar-refractivity contribution is 4.94. The van der Waals surface area contributed by atoms with Crippen LogP contribution in [0.1, 0.15) is 26.2 Å². The number of ether oxygens (including phenoxy) is 1. The maximum absolute atomic E-state index is 5.56. The predicted molar refractivity (Wildman–Crippen MR) is 59.2 cm³/mol. The van der Waals surface area contributed by atoms with Crippen LogP contribution in [0.15, 0.2) is 0 Å². The summed E-state index contributed by atoms with van der Waals surface area (Å²) < 4.78 is 5.12. The number of rotatable bonds is 8. The number of hydrogen-bond donors (Lipinski definition) is 2. The minimum absolute atomic E-state index is 0.560. The fourth-order valence-electron chi connectivity index (χ4n) is 1.68. The van der Waals surface area contributed by atoms with Gasteiger partial charge in [0, 0.05) is 20.3 Å². The highest BCUT2D eigenvalue weighted by atomic mass is 16.5. The minimum Gasteiger partial charge on any atom is -0.385 e. The zero-order valence-electron chi connectivity index (χ0n) is 9.51. The lowest BCUT2D eigenvalue weighted by Crippen LogP contribution is -2.31. The number of nitrogens with two attached hydrogens (primary N) is 1. The quantitative estimate of drug-likeness (QED) is 0.614. The Morgan fingerprint density at radius 1 is 1.50 bits per heavy atom. The fourth-order valence-corrected chi connectivity index (χ4v) is 1.68. The van der Waals surface area contributed by atoms with E-state index in [0.717, 1.165) is 26.2 Å². The summed E-state index contributed by atoms with van der Waals surface area (Å²) in [4.78, 5) is 0. The first-order valence-corrected chi connectivity index (χ1v) is 5.62. The summed E-state index contributed by atoms with van der Waals surface area (Å²) in [6, 6.07) is 0. The lowest BCUT2D eigenvalue weighted by molar-refractivity contribution is 0.171. The van der Waals surface area contributed by atoms with Crippen molar-refractivity contribution in [3.8, 4) is 0 Å². The molecule has 1 atom stereocenters. The molecule has 0 bridgehead atoms. The van der Waals surface area contributed by atoms with Gasteiger partial charge in [0.2, 0.25) is 0 Å². The van der Waals surface area contributed by atoms with Gasteiger partial charge < -0.3 is 15.8 Å². The summed E-state index contributed by atoms with van der Waals surface area (Å²) in [6.07, 6.45) is 3.92. The van der Waals surface area contributed by atoms with Crippen LogP contribution < -0.4 is 11.1 Å². The molecule has 0 aromatic rings. The lowest BCUT2D eigenvalue weighted by atomic mass is 10.0. The molecule has 3 N–H and O–H groups in total. The molecule has 0 heterocycles. The van der Waals surface area contributed by atoms with Gasteiger partial charge in [-0.15, -0.1) is 0 Å². The molecule has 0 amide bonds. The second-order valence-electron chi connectivity index (χ2n) is 4.71. The Morgan fingerprint density at radius 2 is 2.21 bits per heavy atom. The average Bonchev–Trinajstić information content (AvgIpc) is 2.95. The standard InChI is InChI=1S/C11H24N2O/c1-10(7-12)8-13-9-11(3-4-11)5-6-14-2/h10,13H,3-9,12H2,1-2H3. The molecule has 0 aromatic carbocycles. The summed E-state index contributed by atoms with van der Waals surface area (Å²) in [7, 11) is 1.78. The molecule has 1 fully saturated rings. The molecular formula is C11H24N2O. The normalized spacial score (nSPS) is 20.8. The van der Waals surface area contributed by atoms with Crippen LogP contribution in [0.5, 0.6) is 0 Å². The summed E-state index contributed by atoms with van der Waals surface area (Å²) >= 11 is 0. The van der Waals surface area contributed by atoms with Crippen LogP contribution in [0.3, 0.4) is 0 Å². The van der Waals surface area contributed by atoms with Gasteiger partial charge >= 0.3 is 0 Å². The van der Waals surface area contributed by atoms with Crippen LogP contribution in [-0.4, -0.2) is 33.4 Å². The van der Waals surface area contributed by atoms with E-state index in [1.54, 1.807) is 7.11 Å². The van der Waals surface area contributed by atoms with Gasteiger partial charge in [-0.25, -0.2) is 0 Å². The molecule has 1 unspecified atom stereocenters. The monoisotopic (exact) mass is 200 g/mol. The summed E-state index contributed by atoms with van der Waals surface area (Å²) in [5.41, 5.74) is 6.12. The molecule has 0 saturated heterocycles. The number of nitrogens with one attached hydrogen (secondary N) is 1. The molecule has 0 aliphatic heterocycles. The Hall–Kier alpha value is -0.120. The number of hydrogen-bond acceptors (Lipinski definition) is 3. The van der Waals surface area contributed by atoms with Crippen molar-refractivity contribution in [3.63, 3.8) is 0 Å². The van der Waals surface area contributed by atoms with E-state index in [-0.39, 0.29) is 0 Å². The van der Waals surface area contributed by atoms with Crippen molar-refractivity contribution in [1.29, 1.82) is 0 Å². The van der Waals surface area contributed by atoms with Crippen LogP contribution in [0, 0.1) is 11.3 Å². The van der Waals surface area contributed by atoms with Crippen molar-refractivity contribution in [3.05, 3.63) is 0 Å². The van der Waals surface area contributed by atoms with E-state index < -0.39 is 0 Å². The molecular weight excluding hydrogens is 176 g/mol. The van der Waals surface area contributed by atoms with Crippen molar-refractivity contribution in [1.82, 2.24) is 5.32 Å². The Labute approximate surface area is 87.4 Å². The lowest BCUT2D eigenvalue weighted by Gasteiger charge is -2.17. The van der Waals surface area contributed by atoms with Crippen molar-refractivity contribution in [2.24, 2.45) is 17.1 Å². The van der Waals surface area contributed by atoms with Crippen LogP contribution in [0.25, 0.3) is 0 Å². The molecule has 1 aliphatic rings. The Morgan fingerprint density at radius 3 is 2.71 bits per heavy atom. The van der Waals surface area contributed by atoms with Gasteiger partial charge in [0.05, 0.1) is 0 Å². The molecule has 0 spiro atoms. The molecule has 1 aliphatic carbocycles. The molecule has 84 valence electrons. The average molecular weight is 200 g/mol. The van der Waals surface area contributed by atoms with Crippen molar-refractivity contribution in [2.75, 3.05) is 33.4 Å². The summed E-state index contributed by atoms with van der Waals surface area (Å²) in [6.45, 7) is 6.04. The second-order valence-corrected chi connectivity index (χ2v) is 4.71. The van der Waals surface area contributed by atoms with Crippen molar-refractivity contribution in [2.45, 2.75) is 26.2 Å². The minimum atomic E-state index is 0.560. The van der Waals surface area contributed by atoms with Gasteiger partial charge in [-0.2, -0.15) is 0 Å². The summed E-state index contributed by atoms with van der Waals surface area (Å²) in [5.74, 6) is 0.591. The smallest absolute Gasteiger partial charge is 0.0468 e. The maximum Gasteiger partial charge on any atom is 0.0468 e.